The standard InChI is InChI=1S/C54H105O8P/c1-4-7-9-11-13-15-17-19-21-23-25-27-29-30-32-34-36-38-40-42-44-46-48-53(55)59-50-52(51-61-63(57,58)60-6-3)62-54(56)49-47-45-43-41-39-37-35-33-31-28-26-24-22-20-18-16-14-12-10-8-5-2/h24,26,52H,4-23,25,27-51H2,1-3H3,(H,57,58)/b26-24-. The summed E-state index contributed by atoms with van der Waals surface area (Å²) >= 11 is 0. The monoisotopic (exact) mass is 913 g/mol. The van der Waals surface area contributed by atoms with Crippen LogP contribution < -0.4 is 0 Å². The maximum atomic E-state index is 12.6. The van der Waals surface area contributed by atoms with E-state index < -0.39 is 19.9 Å². The molecule has 0 aliphatic heterocycles. The minimum absolute atomic E-state index is 0.00380. The normalized spacial score (nSPS) is 13.1. The van der Waals surface area contributed by atoms with Gasteiger partial charge in [0.1, 0.15) is 6.61 Å². The fourth-order valence-electron chi connectivity index (χ4n) is 8.28. The van der Waals surface area contributed by atoms with E-state index in [9.17, 15) is 19.0 Å². The average molecular weight is 913 g/mol. The van der Waals surface area contributed by atoms with Crippen molar-refractivity contribution in [2.24, 2.45) is 0 Å². The van der Waals surface area contributed by atoms with Crippen molar-refractivity contribution in [1.29, 1.82) is 0 Å². The topological polar surface area (TPSA) is 108 Å². The van der Waals surface area contributed by atoms with Crippen molar-refractivity contribution in [3.8, 4) is 0 Å². The maximum Gasteiger partial charge on any atom is 0.472 e. The van der Waals surface area contributed by atoms with Crippen molar-refractivity contribution >= 4 is 19.8 Å². The summed E-state index contributed by atoms with van der Waals surface area (Å²) in [7, 11) is -4.28. The lowest BCUT2D eigenvalue weighted by molar-refractivity contribution is -0.161. The second-order valence-electron chi connectivity index (χ2n) is 18.6. The van der Waals surface area contributed by atoms with Crippen LogP contribution in [0.25, 0.3) is 0 Å². The van der Waals surface area contributed by atoms with Gasteiger partial charge in [0.2, 0.25) is 0 Å². The van der Waals surface area contributed by atoms with Gasteiger partial charge >= 0.3 is 19.8 Å². The van der Waals surface area contributed by atoms with Gasteiger partial charge in [0.05, 0.1) is 13.2 Å². The van der Waals surface area contributed by atoms with Crippen LogP contribution in [0.5, 0.6) is 0 Å². The van der Waals surface area contributed by atoms with Gasteiger partial charge in [-0.2, -0.15) is 0 Å². The predicted octanol–water partition coefficient (Wildman–Crippen LogP) is 18.0. The van der Waals surface area contributed by atoms with Crippen molar-refractivity contribution in [2.45, 2.75) is 303 Å². The van der Waals surface area contributed by atoms with E-state index in [1.807, 2.05) is 0 Å². The molecule has 0 aliphatic rings. The number of ether oxygens (including phenoxy) is 2. The number of unbranched alkanes of at least 4 members (excludes halogenated alkanes) is 38. The third-order valence-corrected chi connectivity index (χ3v) is 13.4. The van der Waals surface area contributed by atoms with Crippen LogP contribution in [0, 0.1) is 0 Å². The van der Waals surface area contributed by atoms with E-state index in [0.717, 1.165) is 32.1 Å². The van der Waals surface area contributed by atoms with Crippen molar-refractivity contribution < 1.29 is 37.6 Å². The summed E-state index contributed by atoms with van der Waals surface area (Å²) in [6, 6.07) is 0. The third-order valence-electron chi connectivity index (χ3n) is 12.3. The predicted molar refractivity (Wildman–Crippen MR) is 267 cm³/mol. The van der Waals surface area contributed by atoms with Gasteiger partial charge in [-0.05, 0) is 45.4 Å². The minimum atomic E-state index is -4.28. The highest BCUT2D eigenvalue weighted by molar-refractivity contribution is 7.47. The van der Waals surface area contributed by atoms with Crippen molar-refractivity contribution in [1.82, 2.24) is 0 Å². The highest BCUT2D eigenvalue weighted by Crippen LogP contribution is 2.43. The number of hydrogen-bond donors (Lipinski definition) is 1. The van der Waals surface area contributed by atoms with Gasteiger partial charge in [0.15, 0.2) is 6.10 Å². The lowest BCUT2D eigenvalue weighted by Gasteiger charge is -2.19. The van der Waals surface area contributed by atoms with E-state index in [1.54, 1.807) is 6.92 Å². The number of rotatable bonds is 52. The summed E-state index contributed by atoms with van der Waals surface area (Å²) in [4.78, 5) is 35.0. The first-order chi connectivity index (χ1) is 30.8. The highest BCUT2D eigenvalue weighted by Gasteiger charge is 2.25. The number of carbonyl (C=O) groups is 2. The van der Waals surface area contributed by atoms with Gasteiger partial charge < -0.3 is 14.4 Å². The average Bonchev–Trinajstić information content (AvgIpc) is 3.26. The first kappa shape index (κ1) is 61.8. The van der Waals surface area contributed by atoms with Crippen LogP contribution in [0.1, 0.15) is 297 Å². The van der Waals surface area contributed by atoms with Crippen LogP contribution in [-0.2, 0) is 32.7 Å². The zero-order valence-corrected chi connectivity index (χ0v) is 42.9. The fraction of sp³-hybridized carbons (Fsp3) is 0.926. The summed E-state index contributed by atoms with van der Waals surface area (Å²) in [5, 5.41) is 0. The second kappa shape index (κ2) is 50.2. The molecule has 0 aliphatic carbocycles. The molecule has 0 rings (SSSR count). The molecule has 0 aromatic heterocycles. The Morgan fingerprint density at radius 3 is 1.05 bits per heavy atom. The molecule has 1 N–H and O–H groups in total. The Labute approximate surface area is 391 Å². The van der Waals surface area contributed by atoms with E-state index >= 15 is 0 Å². The van der Waals surface area contributed by atoms with Gasteiger partial charge in [0, 0.05) is 12.8 Å². The minimum Gasteiger partial charge on any atom is -0.462 e. The molecule has 2 unspecified atom stereocenters. The summed E-state index contributed by atoms with van der Waals surface area (Å²) in [6.45, 7) is 5.55. The molecule has 0 fully saturated rings. The number of allylic oxidation sites excluding steroid dienone is 2. The number of phosphoric acid groups is 1. The van der Waals surface area contributed by atoms with Crippen LogP contribution >= 0.6 is 7.82 Å². The SMILES string of the molecule is CCCCCCCCCC/C=C\CCCCCCCCCCCC(=O)OC(COC(=O)CCCCCCCCCCCCCCCCCCCCCCCC)COP(=O)(O)OCC. The quantitative estimate of drug-likeness (QED) is 0.0278. The molecule has 9 heteroatoms. The van der Waals surface area contributed by atoms with Crippen molar-refractivity contribution in [3.05, 3.63) is 12.2 Å². The lowest BCUT2D eigenvalue weighted by Crippen LogP contribution is -2.29. The van der Waals surface area contributed by atoms with E-state index in [4.69, 9.17) is 18.5 Å². The molecule has 0 saturated carbocycles. The van der Waals surface area contributed by atoms with Crippen LogP contribution in [0.4, 0.5) is 0 Å². The zero-order chi connectivity index (χ0) is 46.0. The summed E-state index contributed by atoms with van der Waals surface area (Å²) in [6.07, 6.45) is 57.1. The molecule has 0 bridgehead atoms. The van der Waals surface area contributed by atoms with E-state index in [1.165, 1.54) is 225 Å². The molecule has 63 heavy (non-hydrogen) atoms. The molecule has 8 nitrogen and oxygen atoms in total. The smallest absolute Gasteiger partial charge is 0.462 e. The maximum absolute atomic E-state index is 12.6. The zero-order valence-electron chi connectivity index (χ0n) is 42.0. The molecule has 0 heterocycles. The van der Waals surface area contributed by atoms with Gasteiger partial charge in [-0.3, -0.25) is 18.6 Å². The molecule has 0 spiro atoms. The molecular formula is C54H105O8P. The van der Waals surface area contributed by atoms with Gasteiger partial charge in [0.25, 0.3) is 0 Å². The Bertz CT molecular complexity index is 1040. The number of hydrogen-bond acceptors (Lipinski definition) is 7. The molecule has 0 saturated heterocycles. The first-order valence-electron chi connectivity index (χ1n) is 27.5. The Balaban J connectivity index is 3.90. The Morgan fingerprint density at radius 1 is 0.413 bits per heavy atom. The third kappa shape index (κ3) is 50.1. The van der Waals surface area contributed by atoms with E-state index in [2.05, 4.69) is 26.0 Å². The van der Waals surface area contributed by atoms with Crippen molar-refractivity contribution in [2.75, 3.05) is 19.8 Å². The molecule has 2 atom stereocenters. The molecule has 0 aromatic carbocycles. The Kier molecular flexibility index (Phi) is 49.2. The molecule has 0 amide bonds. The molecule has 374 valence electrons. The Morgan fingerprint density at radius 2 is 0.714 bits per heavy atom. The van der Waals surface area contributed by atoms with Crippen LogP contribution in [0.3, 0.4) is 0 Å². The first-order valence-corrected chi connectivity index (χ1v) is 29.0. The van der Waals surface area contributed by atoms with E-state index in [-0.39, 0.29) is 32.2 Å². The fourth-order valence-corrected chi connectivity index (χ4v) is 9.03. The van der Waals surface area contributed by atoms with Crippen LogP contribution in [-0.4, -0.2) is 42.8 Å². The van der Waals surface area contributed by atoms with Gasteiger partial charge in [-0.15, -0.1) is 0 Å². The summed E-state index contributed by atoms with van der Waals surface area (Å²) in [5.74, 6) is -0.780. The number of phosphoric ester groups is 1. The molecule has 0 aromatic rings. The number of esters is 2. The largest absolute Gasteiger partial charge is 0.472 e. The van der Waals surface area contributed by atoms with Gasteiger partial charge in [-0.1, -0.05) is 251 Å². The Hall–Kier alpha value is -1.21. The van der Waals surface area contributed by atoms with Crippen LogP contribution in [0.15, 0.2) is 12.2 Å². The molecular weight excluding hydrogens is 808 g/mol. The summed E-state index contributed by atoms with van der Waals surface area (Å²) in [5.41, 5.74) is 0. The van der Waals surface area contributed by atoms with Crippen molar-refractivity contribution in [3.63, 3.8) is 0 Å². The number of carbonyl (C=O) groups excluding carboxylic acids is 2. The van der Waals surface area contributed by atoms with E-state index in [0.29, 0.717) is 12.8 Å². The van der Waals surface area contributed by atoms with Gasteiger partial charge in [-0.25, -0.2) is 4.57 Å². The molecule has 0 radical (unpaired) electrons. The van der Waals surface area contributed by atoms with Crippen LogP contribution in [0.2, 0.25) is 0 Å². The lowest BCUT2D eigenvalue weighted by atomic mass is 10.0. The second-order valence-corrected chi connectivity index (χ2v) is 20.1. The highest BCUT2D eigenvalue weighted by atomic mass is 31.2. The summed E-state index contributed by atoms with van der Waals surface area (Å²) < 4.78 is 32.9.